The van der Waals surface area contributed by atoms with Crippen LogP contribution in [-0.4, -0.2) is 13.4 Å². The highest BCUT2D eigenvalue weighted by molar-refractivity contribution is 7.98. The molecule has 0 aliphatic carbocycles. The Balaban J connectivity index is 3.18. The minimum atomic E-state index is -4.30. The zero-order chi connectivity index (χ0) is 10.8. The Hall–Kier alpha value is -0.840. The average molecular weight is 222 g/mol. The summed E-state index contributed by atoms with van der Waals surface area (Å²) in [7, 11) is 1.42. The molecule has 0 saturated carbocycles. The molecule has 0 fully saturated rings. The lowest BCUT2D eigenvalue weighted by atomic mass is 10.2. The van der Waals surface area contributed by atoms with Crippen molar-refractivity contribution in [3.8, 4) is 5.75 Å². The van der Waals surface area contributed by atoms with Gasteiger partial charge < -0.3 is 4.74 Å². The van der Waals surface area contributed by atoms with Crippen LogP contribution in [0, 0.1) is 0 Å². The molecule has 0 amide bonds. The first-order valence-corrected chi connectivity index (χ1v) is 5.00. The molecule has 0 atom stereocenters. The van der Waals surface area contributed by atoms with Crippen LogP contribution in [0.15, 0.2) is 23.1 Å². The molecule has 1 rings (SSSR count). The molecule has 0 saturated heterocycles. The zero-order valence-corrected chi connectivity index (χ0v) is 8.50. The molecule has 1 aromatic rings. The third-order valence-electron chi connectivity index (χ3n) is 1.71. The number of alkyl halides is 3. The Labute approximate surface area is 84.3 Å². The SMILES string of the molecule is COc1ccc(C(F)(F)F)c(SC)c1. The summed E-state index contributed by atoms with van der Waals surface area (Å²) in [5, 5.41) is 0. The van der Waals surface area contributed by atoms with Crippen molar-refractivity contribution >= 4 is 11.8 Å². The number of thioether (sulfide) groups is 1. The lowest BCUT2D eigenvalue weighted by molar-refractivity contribution is -0.139. The minimum absolute atomic E-state index is 0.178. The highest BCUT2D eigenvalue weighted by Crippen LogP contribution is 2.37. The number of benzene rings is 1. The van der Waals surface area contributed by atoms with Gasteiger partial charge in [-0.1, -0.05) is 0 Å². The second-order valence-corrected chi connectivity index (χ2v) is 3.41. The highest BCUT2D eigenvalue weighted by Gasteiger charge is 2.33. The van der Waals surface area contributed by atoms with E-state index in [-0.39, 0.29) is 4.90 Å². The molecular weight excluding hydrogens is 213 g/mol. The Bertz CT molecular complexity index is 322. The third kappa shape index (κ3) is 2.35. The quantitative estimate of drug-likeness (QED) is 0.709. The first-order chi connectivity index (χ1) is 6.49. The number of hydrogen-bond donors (Lipinski definition) is 0. The zero-order valence-electron chi connectivity index (χ0n) is 7.68. The summed E-state index contributed by atoms with van der Waals surface area (Å²) < 4.78 is 42.1. The second kappa shape index (κ2) is 4.13. The van der Waals surface area contributed by atoms with Crippen LogP contribution in [0.2, 0.25) is 0 Å². The van der Waals surface area contributed by atoms with Crippen molar-refractivity contribution in [3.05, 3.63) is 23.8 Å². The lowest BCUT2D eigenvalue weighted by Crippen LogP contribution is -2.06. The molecule has 0 aromatic heterocycles. The maximum atomic E-state index is 12.4. The van der Waals surface area contributed by atoms with Gasteiger partial charge in [0, 0.05) is 4.90 Å². The largest absolute Gasteiger partial charge is 0.497 e. The topological polar surface area (TPSA) is 9.23 Å². The van der Waals surface area contributed by atoms with Crippen LogP contribution in [0.4, 0.5) is 13.2 Å². The van der Waals surface area contributed by atoms with Gasteiger partial charge in [-0.3, -0.25) is 0 Å². The fraction of sp³-hybridized carbons (Fsp3) is 0.333. The number of rotatable bonds is 2. The summed E-state index contributed by atoms with van der Waals surface area (Å²) in [6.45, 7) is 0. The molecule has 0 N–H and O–H groups in total. The van der Waals surface area contributed by atoms with Gasteiger partial charge in [0.25, 0.3) is 0 Å². The molecule has 1 nitrogen and oxygen atoms in total. The van der Waals surface area contributed by atoms with E-state index in [0.29, 0.717) is 5.75 Å². The van der Waals surface area contributed by atoms with Crippen molar-refractivity contribution in [2.75, 3.05) is 13.4 Å². The fourth-order valence-corrected chi connectivity index (χ4v) is 1.67. The predicted molar refractivity (Wildman–Crippen MR) is 49.8 cm³/mol. The fourth-order valence-electron chi connectivity index (χ4n) is 1.03. The van der Waals surface area contributed by atoms with Crippen molar-refractivity contribution in [3.63, 3.8) is 0 Å². The summed E-state index contributed by atoms with van der Waals surface area (Å²) in [6.07, 6.45) is -2.70. The van der Waals surface area contributed by atoms with Crippen LogP contribution >= 0.6 is 11.8 Å². The number of ether oxygens (including phenoxy) is 1. The summed E-state index contributed by atoms with van der Waals surface area (Å²) in [5.74, 6) is 0.433. The third-order valence-corrected chi connectivity index (χ3v) is 2.49. The normalized spacial score (nSPS) is 11.5. The summed E-state index contributed by atoms with van der Waals surface area (Å²) >= 11 is 1.05. The minimum Gasteiger partial charge on any atom is -0.497 e. The van der Waals surface area contributed by atoms with Crippen LogP contribution in [0.25, 0.3) is 0 Å². The van der Waals surface area contributed by atoms with Gasteiger partial charge in [0.15, 0.2) is 0 Å². The van der Waals surface area contributed by atoms with Gasteiger partial charge in [-0.2, -0.15) is 13.2 Å². The van der Waals surface area contributed by atoms with E-state index in [2.05, 4.69) is 0 Å². The highest BCUT2D eigenvalue weighted by atomic mass is 32.2. The molecule has 0 aliphatic heterocycles. The molecule has 14 heavy (non-hydrogen) atoms. The van der Waals surface area contributed by atoms with E-state index in [0.717, 1.165) is 17.8 Å². The van der Waals surface area contributed by atoms with Gasteiger partial charge in [-0.15, -0.1) is 11.8 Å². The molecule has 0 unspecified atom stereocenters. The van der Waals surface area contributed by atoms with E-state index in [9.17, 15) is 13.2 Å². The van der Waals surface area contributed by atoms with Crippen molar-refractivity contribution in [1.29, 1.82) is 0 Å². The van der Waals surface area contributed by atoms with Gasteiger partial charge in [0.1, 0.15) is 5.75 Å². The molecule has 78 valence electrons. The molecule has 0 radical (unpaired) electrons. The molecular formula is C9H9F3OS. The van der Waals surface area contributed by atoms with Crippen LogP contribution in [0.3, 0.4) is 0 Å². The number of hydrogen-bond acceptors (Lipinski definition) is 2. The van der Waals surface area contributed by atoms with E-state index >= 15 is 0 Å². The molecule has 0 bridgehead atoms. The molecule has 0 spiro atoms. The van der Waals surface area contributed by atoms with Gasteiger partial charge in [-0.05, 0) is 24.5 Å². The van der Waals surface area contributed by atoms with Gasteiger partial charge in [0.2, 0.25) is 0 Å². The van der Waals surface area contributed by atoms with Crippen molar-refractivity contribution in [2.24, 2.45) is 0 Å². The van der Waals surface area contributed by atoms with E-state index in [4.69, 9.17) is 4.74 Å². The van der Waals surface area contributed by atoms with E-state index < -0.39 is 11.7 Å². The van der Waals surface area contributed by atoms with Gasteiger partial charge in [-0.25, -0.2) is 0 Å². The van der Waals surface area contributed by atoms with Crippen LogP contribution in [-0.2, 0) is 6.18 Å². The lowest BCUT2D eigenvalue weighted by Gasteiger charge is -2.12. The first-order valence-electron chi connectivity index (χ1n) is 3.78. The standard InChI is InChI=1S/C9H9F3OS/c1-13-6-3-4-7(9(10,11)12)8(5-6)14-2/h3-5H,1-2H3. The monoisotopic (exact) mass is 222 g/mol. The summed E-state index contributed by atoms with van der Waals surface area (Å²) in [4.78, 5) is 0.178. The smallest absolute Gasteiger partial charge is 0.417 e. The van der Waals surface area contributed by atoms with Crippen LogP contribution in [0.5, 0.6) is 5.75 Å². The Kier molecular flexibility index (Phi) is 3.31. The number of halogens is 3. The molecule has 1 aromatic carbocycles. The van der Waals surface area contributed by atoms with Crippen molar-refractivity contribution in [2.45, 2.75) is 11.1 Å². The summed E-state index contributed by atoms with van der Waals surface area (Å²) in [6, 6.07) is 3.72. The molecule has 5 heteroatoms. The first kappa shape index (κ1) is 11.2. The van der Waals surface area contributed by atoms with E-state index in [1.165, 1.54) is 19.2 Å². The van der Waals surface area contributed by atoms with Crippen molar-refractivity contribution < 1.29 is 17.9 Å². The van der Waals surface area contributed by atoms with E-state index in [1.54, 1.807) is 6.26 Å². The number of methoxy groups -OCH3 is 1. The van der Waals surface area contributed by atoms with Crippen molar-refractivity contribution in [1.82, 2.24) is 0 Å². The van der Waals surface area contributed by atoms with Crippen LogP contribution in [0.1, 0.15) is 5.56 Å². The Morgan fingerprint density at radius 2 is 1.93 bits per heavy atom. The summed E-state index contributed by atoms with van der Waals surface area (Å²) in [5.41, 5.74) is -0.620. The van der Waals surface area contributed by atoms with Gasteiger partial charge >= 0.3 is 6.18 Å². The average Bonchev–Trinajstić information content (AvgIpc) is 2.15. The maximum absolute atomic E-state index is 12.4. The van der Waals surface area contributed by atoms with Gasteiger partial charge in [0.05, 0.1) is 12.7 Å². The Morgan fingerprint density at radius 3 is 2.36 bits per heavy atom. The maximum Gasteiger partial charge on any atom is 0.417 e. The molecule has 0 heterocycles. The Morgan fingerprint density at radius 1 is 1.29 bits per heavy atom. The second-order valence-electron chi connectivity index (χ2n) is 2.56. The van der Waals surface area contributed by atoms with E-state index in [1.807, 2.05) is 0 Å². The molecule has 0 aliphatic rings. The predicted octanol–water partition coefficient (Wildman–Crippen LogP) is 3.44. The van der Waals surface area contributed by atoms with Crippen LogP contribution < -0.4 is 4.74 Å².